The van der Waals surface area contributed by atoms with E-state index in [1.807, 2.05) is 0 Å². The summed E-state index contributed by atoms with van der Waals surface area (Å²) >= 11 is 0. The monoisotopic (exact) mass is 201 g/mol. The van der Waals surface area contributed by atoms with Crippen molar-refractivity contribution in [1.29, 1.82) is 0 Å². The van der Waals surface area contributed by atoms with Gasteiger partial charge in [0.15, 0.2) is 5.78 Å². The molecule has 2 rings (SSSR count). The number of nitrogens with zero attached hydrogens (tertiary/aromatic N) is 1. The largest absolute Gasteiger partial charge is 0.506 e. The third-order valence-electron chi connectivity index (χ3n) is 2.59. The van der Waals surface area contributed by atoms with Crippen LogP contribution >= 0.6 is 0 Å². The Labute approximate surface area is 87.8 Å². The van der Waals surface area contributed by atoms with Crippen LogP contribution in [0.2, 0.25) is 0 Å². The number of allylic oxidation sites excluding steroid dienone is 1. The van der Waals surface area contributed by atoms with Crippen molar-refractivity contribution in [3.05, 3.63) is 41.0 Å². The lowest BCUT2D eigenvalue weighted by Gasteiger charge is -1.98. The van der Waals surface area contributed by atoms with Gasteiger partial charge in [-0.1, -0.05) is 24.3 Å². The second-order valence-electron chi connectivity index (χ2n) is 3.41. The summed E-state index contributed by atoms with van der Waals surface area (Å²) in [4.78, 5) is 15.8. The van der Waals surface area contributed by atoms with Gasteiger partial charge in [0.25, 0.3) is 0 Å². The fraction of sp³-hybridized carbons (Fsp3) is 0.167. The third kappa shape index (κ3) is 1.28. The molecule has 3 heteroatoms. The zero-order chi connectivity index (χ0) is 11.0. The van der Waals surface area contributed by atoms with E-state index in [9.17, 15) is 9.90 Å². The number of fused-ring (bicyclic) bond motifs is 1. The predicted molar refractivity (Wildman–Crippen MR) is 59.4 cm³/mol. The molecule has 0 saturated heterocycles. The van der Waals surface area contributed by atoms with Gasteiger partial charge in [-0.3, -0.25) is 9.79 Å². The SMILES string of the molecule is CN=C(C)C1=C(O)c2ccccc2C1=O. The van der Waals surface area contributed by atoms with Crippen LogP contribution in [0.25, 0.3) is 5.76 Å². The lowest BCUT2D eigenvalue weighted by atomic mass is 10.1. The highest BCUT2D eigenvalue weighted by atomic mass is 16.3. The summed E-state index contributed by atoms with van der Waals surface area (Å²) in [6, 6.07) is 7.03. The van der Waals surface area contributed by atoms with E-state index in [-0.39, 0.29) is 11.5 Å². The van der Waals surface area contributed by atoms with E-state index in [4.69, 9.17) is 0 Å². The summed E-state index contributed by atoms with van der Waals surface area (Å²) in [5, 5.41) is 9.89. The van der Waals surface area contributed by atoms with Crippen LogP contribution in [-0.2, 0) is 0 Å². The number of rotatable bonds is 1. The normalized spacial score (nSPS) is 15.9. The number of aliphatic hydroxyl groups excluding tert-OH is 1. The zero-order valence-corrected chi connectivity index (χ0v) is 8.61. The first-order valence-corrected chi connectivity index (χ1v) is 4.68. The molecule has 3 nitrogen and oxygen atoms in total. The topological polar surface area (TPSA) is 49.7 Å². The van der Waals surface area contributed by atoms with Crippen LogP contribution in [0.5, 0.6) is 0 Å². The molecule has 0 bridgehead atoms. The van der Waals surface area contributed by atoms with E-state index < -0.39 is 0 Å². The highest BCUT2D eigenvalue weighted by Gasteiger charge is 2.30. The summed E-state index contributed by atoms with van der Waals surface area (Å²) in [6.07, 6.45) is 0. The molecule has 1 aliphatic rings. The van der Waals surface area contributed by atoms with Gasteiger partial charge in [0.05, 0.1) is 5.57 Å². The molecule has 0 unspecified atom stereocenters. The van der Waals surface area contributed by atoms with Crippen molar-refractivity contribution in [2.45, 2.75) is 6.92 Å². The Balaban J connectivity index is 2.65. The number of benzene rings is 1. The minimum atomic E-state index is -0.147. The molecule has 0 aliphatic heterocycles. The van der Waals surface area contributed by atoms with Gasteiger partial charge in [0.1, 0.15) is 5.76 Å². The number of ketones is 1. The Morgan fingerprint density at radius 3 is 2.40 bits per heavy atom. The molecule has 0 heterocycles. The Morgan fingerprint density at radius 1 is 1.27 bits per heavy atom. The van der Waals surface area contributed by atoms with Crippen molar-refractivity contribution in [3.8, 4) is 0 Å². The van der Waals surface area contributed by atoms with Crippen LogP contribution in [0, 0.1) is 0 Å². The Kier molecular flexibility index (Phi) is 2.15. The molecule has 15 heavy (non-hydrogen) atoms. The summed E-state index contributed by atoms with van der Waals surface area (Å²) in [6.45, 7) is 1.72. The van der Waals surface area contributed by atoms with E-state index in [0.717, 1.165) is 0 Å². The van der Waals surface area contributed by atoms with Gasteiger partial charge in [-0.05, 0) is 6.92 Å². The summed E-state index contributed by atoms with van der Waals surface area (Å²) < 4.78 is 0. The number of Topliss-reactive ketones (excluding diaryl/α,β-unsaturated/α-hetero) is 1. The molecule has 0 aromatic heterocycles. The smallest absolute Gasteiger partial charge is 0.199 e. The molecule has 1 N–H and O–H groups in total. The van der Waals surface area contributed by atoms with Crippen molar-refractivity contribution in [1.82, 2.24) is 0 Å². The first-order valence-electron chi connectivity index (χ1n) is 4.68. The van der Waals surface area contributed by atoms with Gasteiger partial charge >= 0.3 is 0 Å². The Bertz CT molecular complexity index is 498. The summed E-state index contributed by atoms with van der Waals surface area (Å²) in [7, 11) is 1.60. The highest BCUT2D eigenvalue weighted by molar-refractivity contribution is 6.35. The molecule has 1 aromatic carbocycles. The average Bonchev–Trinajstić information content (AvgIpc) is 2.52. The fourth-order valence-electron chi connectivity index (χ4n) is 1.71. The number of hydrogen-bond donors (Lipinski definition) is 1. The molecule has 0 amide bonds. The molecule has 0 radical (unpaired) electrons. The first-order chi connectivity index (χ1) is 7.16. The standard InChI is InChI=1S/C12H11NO2/c1-7(13-2)10-11(14)8-5-3-4-6-9(8)12(10)15/h3-6,14H,1-2H3. The van der Waals surface area contributed by atoms with E-state index >= 15 is 0 Å². The molecular weight excluding hydrogens is 190 g/mol. The van der Waals surface area contributed by atoms with Crippen LogP contribution in [0.3, 0.4) is 0 Å². The van der Waals surface area contributed by atoms with Gasteiger partial charge in [0.2, 0.25) is 0 Å². The summed E-state index contributed by atoms with van der Waals surface area (Å²) in [5.74, 6) is -0.107. The van der Waals surface area contributed by atoms with Crippen LogP contribution in [0.1, 0.15) is 22.8 Å². The lowest BCUT2D eigenvalue weighted by molar-refractivity contribution is 0.104. The van der Waals surface area contributed by atoms with Crippen LogP contribution in [-0.4, -0.2) is 23.6 Å². The van der Waals surface area contributed by atoms with E-state index in [1.54, 1.807) is 38.2 Å². The minimum Gasteiger partial charge on any atom is -0.506 e. The zero-order valence-electron chi connectivity index (χ0n) is 8.61. The molecule has 1 aliphatic carbocycles. The Hall–Kier alpha value is -1.90. The number of hydrogen-bond acceptors (Lipinski definition) is 3. The quantitative estimate of drug-likeness (QED) is 0.708. The summed E-state index contributed by atoms with van der Waals surface area (Å²) in [5.41, 5.74) is 2.03. The molecule has 0 fully saturated rings. The fourth-order valence-corrected chi connectivity index (χ4v) is 1.71. The molecule has 76 valence electrons. The van der Waals surface area contributed by atoms with Crippen molar-refractivity contribution >= 4 is 17.3 Å². The van der Waals surface area contributed by atoms with E-state index in [2.05, 4.69) is 4.99 Å². The lowest BCUT2D eigenvalue weighted by Crippen LogP contribution is -2.07. The molecule has 0 saturated carbocycles. The number of carbonyl (C=O) groups is 1. The average molecular weight is 201 g/mol. The van der Waals surface area contributed by atoms with Crippen LogP contribution in [0.15, 0.2) is 34.8 Å². The molecule has 0 atom stereocenters. The first kappa shape index (κ1) is 9.65. The maximum atomic E-state index is 11.9. The third-order valence-corrected chi connectivity index (χ3v) is 2.59. The highest BCUT2D eigenvalue weighted by Crippen LogP contribution is 2.31. The van der Waals surface area contributed by atoms with Crippen molar-refractivity contribution < 1.29 is 9.90 Å². The maximum absolute atomic E-state index is 11.9. The Morgan fingerprint density at radius 2 is 1.87 bits per heavy atom. The maximum Gasteiger partial charge on any atom is 0.199 e. The second kappa shape index (κ2) is 3.35. The molecule has 0 spiro atoms. The van der Waals surface area contributed by atoms with Crippen LogP contribution in [0.4, 0.5) is 0 Å². The van der Waals surface area contributed by atoms with Gasteiger partial charge in [-0.2, -0.15) is 0 Å². The minimum absolute atomic E-state index is 0.0405. The van der Waals surface area contributed by atoms with Gasteiger partial charge in [-0.25, -0.2) is 0 Å². The van der Waals surface area contributed by atoms with Crippen molar-refractivity contribution in [2.24, 2.45) is 4.99 Å². The van der Waals surface area contributed by atoms with Crippen LogP contribution < -0.4 is 0 Å². The van der Waals surface area contributed by atoms with Gasteiger partial charge in [0, 0.05) is 23.9 Å². The van der Waals surface area contributed by atoms with Crippen molar-refractivity contribution in [3.63, 3.8) is 0 Å². The predicted octanol–water partition coefficient (Wildman–Crippen LogP) is 2.24. The number of carbonyl (C=O) groups excluding carboxylic acids is 1. The van der Waals surface area contributed by atoms with E-state index in [0.29, 0.717) is 22.4 Å². The number of aliphatic imine (C=N–C) groups is 1. The molecular formula is C12H11NO2. The van der Waals surface area contributed by atoms with E-state index in [1.165, 1.54) is 0 Å². The van der Waals surface area contributed by atoms with Gasteiger partial charge in [-0.15, -0.1) is 0 Å². The number of aliphatic hydroxyl groups is 1. The van der Waals surface area contributed by atoms with Gasteiger partial charge < -0.3 is 5.11 Å². The molecule has 1 aromatic rings. The van der Waals surface area contributed by atoms with Crippen molar-refractivity contribution in [2.75, 3.05) is 7.05 Å². The second-order valence-corrected chi connectivity index (χ2v) is 3.41.